The molecule has 0 saturated carbocycles. The van der Waals surface area contributed by atoms with Crippen molar-refractivity contribution in [2.75, 3.05) is 7.11 Å². The minimum atomic E-state index is -4.77. The SMILES string of the molecule is COCn1c(C(O)c2ccc(OC(F)(F)F)cc2)nc2ncccc21. The van der Waals surface area contributed by atoms with Crippen molar-refractivity contribution in [2.45, 2.75) is 19.2 Å². The number of alkyl halides is 3. The molecule has 3 aromatic rings. The number of pyridine rings is 1. The van der Waals surface area contributed by atoms with Gasteiger partial charge in [-0.25, -0.2) is 9.97 Å². The van der Waals surface area contributed by atoms with E-state index >= 15 is 0 Å². The maximum absolute atomic E-state index is 12.2. The van der Waals surface area contributed by atoms with Crippen LogP contribution in [-0.2, 0) is 11.5 Å². The Hall–Kier alpha value is -2.65. The third-order valence-electron chi connectivity index (χ3n) is 3.49. The van der Waals surface area contributed by atoms with Gasteiger partial charge in [0.1, 0.15) is 24.4 Å². The zero-order chi connectivity index (χ0) is 18.0. The summed E-state index contributed by atoms with van der Waals surface area (Å²) in [6.45, 7) is 0.143. The summed E-state index contributed by atoms with van der Waals surface area (Å²) in [5.41, 5.74) is 1.48. The highest BCUT2D eigenvalue weighted by molar-refractivity contribution is 5.71. The van der Waals surface area contributed by atoms with E-state index in [1.807, 2.05) is 0 Å². The summed E-state index contributed by atoms with van der Waals surface area (Å²) < 4.78 is 47.2. The number of benzene rings is 1. The van der Waals surface area contributed by atoms with E-state index in [0.29, 0.717) is 16.7 Å². The van der Waals surface area contributed by atoms with Gasteiger partial charge >= 0.3 is 6.36 Å². The average molecular weight is 353 g/mol. The average Bonchev–Trinajstić information content (AvgIpc) is 2.93. The van der Waals surface area contributed by atoms with E-state index in [1.165, 1.54) is 19.2 Å². The van der Waals surface area contributed by atoms with Crippen molar-refractivity contribution in [1.29, 1.82) is 0 Å². The molecule has 1 atom stereocenters. The van der Waals surface area contributed by atoms with Gasteiger partial charge in [-0.15, -0.1) is 13.2 Å². The van der Waals surface area contributed by atoms with Crippen LogP contribution in [0.15, 0.2) is 42.6 Å². The number of hydrogen-bond acceptors (Lipinski definition) is 5. The van der Waals surface area contributed by atoms with Crippen LogP contribution < -0.4 is 4.74 Å². The van der Waals surface area contributed by atoms with Crippen molar-refractivity contribution in [3.8, 4) is 5.75 Å². The lowest BCUT2D eigenvalue weighted by Crippen LogP contribution is -2.17. The first-order valence-electron chi connectivity index (χ1n) is 7.23. The summed E-state index contributed by atoms with van der Waals surface area (Å²) in [6, 6.07) is 8.47. The predicted octanol–water partition coefficient (Wildman–Crippen LogP) is 3.02. The number of ether oxygens (including phenoxy) is 2. The molecule has 0 spiro atoms. The molecule has 0 aliphatic rings. The van der Waals surface area contributed by atoms with E-state index in [4.69, 9.17) is 4.74 Å². The van der Waals surface area contributed by atoms with Crippen LogP contribution in [-0.4, -0.2) is 33.1 Å². The van der Waals surface area contributed by atoms with Crippen LogP contribution in [0.3, 0.4) is 0 Å². The number of rotatable bonds is 5. The number of aliphatic hydroxyl groups excluding tert-OH is 1. The van der Waals surface area contributed by atoms with Crippen LogP contribution in [0.4, 0.5) is 13.2 Å². The number of aromatic nitrogens is 3. The number of fused-ring (bicyclic) bond motifs is 1. The second kappa shape index (κ2) is 6.69. The van der Waals surface area contributed by atoms with Gasteiger partial charge in [-0.05, 0) is 29.8 Å². The van der Waals surface area contributed by atoms with E-state index < -0.39 is 12.5 Å². The Morgan fingerprint density at radius 2 is 1.92 bits per heavy atom. The van der Waals surface area contributed by atoms with E-state index in [0.717, 1.165) is 12.1 Å². The maximum atomic E-state index is 12.2. The van der Waals surface area contributed by atoms with Crippen LogP contribution in [0.1, 0.15) is 17.5 Å². The fourth-order valence-electron chi connectivity index (χ4n) is 2.45. The summed E-state index contributed by atoms with van der Waals surface area (Å²) in [6.07, 6.45) is -4.35. The third kappa shape index (κ3) is 3.72. The zero-order valence-corrected chi connectivity index (χ0v) is 13.1. The summed E-state index contributed by atoms with van der Waals surface area (Å²) >= 11 is 0. The molecule has 25 heavy (non-hydrogen) atoms. The Bertz CT molecular complexity index is 862. The van der Waals surface area contributed by atoms with Crippen molar-refractivity contribution in [1.82, 2.24) is 14.5 Å². The van der Waals surface area contributed by atoms with Crippen molar-refractivity contribution in [2.24, 2.45) is 0 Å². The molecule has 0 amide bonds. The summed E-state index contributed by atoms with van der Waals surface area (Å²) in [4.78, 5) is 8.43. The standard InChI is InChI=1S/C16H14F3N3O3/c1-24-9-22-12-3-2-8-20-14(12)21-15(22)13(23)10-4-6-11(7-5-10)25-16(17,18)19/h2-8,13,23H,9H2,1H3. The van der Waals surface area contributed by atoms with Crippen LogP contribution in [0, 0.1) is 0 Å². The van der Waals surface area contributed by atoms with Gasteiger partial charge in [-0.1, -0.05) is 12.1 Å². The summed E-state index contributed by atoms with van der Waals surface area (Å²) in [5.74, 6) is -0.0875. The second-order valence-electron chi connectivity index (χ2n) is 5.18. The lowest BCUT2D eigenvalue weighted by atomic mass is 10.1. The van der Waals surface area contributed by atoms with Gasteiger partial charge < -0.3 is 14.6 Å². The van der Waals surface area contributed by atoms with Crippen molar-refractivity contribution in [3.63, 3.8) is 0 Å². The Balaban J connectivity index is 1.94. The molecular formula is C16H14F3N3O3. The quantitative estimate of drug-likeness (QED) is 0.764. The Labute approximate surface area is 140 Å². The second-order valence-corrected chi connectivity index (χ2v) is 5.18. The molecule has 2 heterocycles. The van der Waals surface area contributed by atoms with Gasteiger partial charge in [0.15, 0.2) is 5.65 Å². The molecule has 0 saturated heterocycles. The van der Waals surface area contributed by atoms with Gasteiger partial charge in [0.2, 0.25) is 0 Å². The minimum absolute atomic E-state index is 0.143. The van der Waals surface area contributed by atoms with Crippen molar-refractivity contribution in [3.05, 3.63) is 54.0 Å². The largest absolute Gasteiger partial charge is 0.573 e. The Kier molecular flexibility index (Phi) is 4.60. The molecule has 0 aliphatic heterocycles. The van der Waals surface area contributed by atoms with Crippen LogP contribution in [0.2, 0.25) is 0 Å². The molecule has 9 heteroatoms. The van der Waals surface area contributed by atoms with Crippen molar-refractivity contribution >= 4 is 11.2 Å². The molecule has 1 unspecified atom stereocenters. The van der Waals surface area contributed by atoms with E-state index in [1.54, 1.807) is 22.9 Å². The molecule has 0 aliphatic carbocycles. The first kappa shape index (κ1) is 17.2. The van der Waals surface area contributed by atoms with E-state index in [-0.39, 0.29) is 18.3 Å². The van der Waals surface area contributed by atoms with Crippen LogP contribution in [0.25, 0.3) is 11.2 Å². The maximum Gasteiger partial charge on any atom is 0.573 e. The molecule has 1 N–H and O–H groups in total. The molecular weight excluding hydrogens is 339 g/mol. The number of imidazole rings is 1. The van der Waals surface area contributed by atoms with Gasteiger partial charge in [0, 0.05) is 13.3 Å². The molecule has 0 radical (unpaired) electrons. The molecule has 3 rings (SSSR count). The summed E-state index contributed by atoms with van der Waals surface area (Å²) in [7, 11) is 1.50. The minimum Gasteiger partial charge on any atom is -0.406 e. The topological polar surface area (TPSA) is 69.4 Å². The molecule has 0 bridgehead atoms. The monoisotopic (exact) mass is 353 g/mol. The highest BCUT2D eigenvalue weighted by Gasteiger charge is 2.31. The van der Waals surface area contributed by atoms with E-state index in [2.05, 4.69) is 14.7 Å². The van der Waals surface area contributed by atoms with Crippen molar-refractivity contribution < 1.29 is 27.8 Å². The first-order valence-corrected chi connectivity index (χ1v) is 7.23. The number of nitrogens with zero attached hydrogens (tertiary/aromatic N) is 3. The first-order chi connectivity index (χ1) is 11.9. The molecule has 2 aromatic heterocycles. The third-order valence-corrected chi connectivity index (χ3v) is 3.49. The lowest BCUT2D eigenvalue weighted by molar-refractivity contribution is -0.274. The fraction of sp³-hybridized carbons (Fsp3) is 0.250. The Morgan fingerprint density at radius 3 is 2.56 bits per heavy atom. The van der Waals surface area contributed by atoms with Gasteiger partial charge in [-0.2, -0.15) is 0 Å². The predicted molar refractivity (Wildman–Crippen MR) is 81.7 cm³/mol. The molecule has 132 valence electrons. The normalized spacial score (nSPS) is 13.2. The number of halogens is 3. The molecule has 6 nitrogen and oxygen atoms in total. The highest BCUT2D eigenvalue weighted by Crippen LogP contribution is 2.28. The zero-order valence-electron chi connectivity index (χ0n) is 13.1. The molecule has 0 fully saturated rings. The molecule has 1 aromatic carbocycles. The van der Waals surface area contributed by atoms with Crippen LogP contribution in [0.5, 0.6) is 5.75 Å². The number of hydrogen-bond donors (Lipinski definition) is 1. The number of methoxy groups -OCH3 is 1. The Morgan fingerprint density at radius 1 is 1.20 bits per heavy atom. The lowest BCUT2D eigenvalue weighted by Gasteiger charge is -2.14. The van der Waals surface area contributed by atoms with Crippen LogP contribution >= 0.6 is 0 Å². The summed E-state index contributed by atoms with van der Waals surface area (Å²) in [5, 5.41) is 10.6. The highest BCUT2D eigenvalue weighted by atomic mass is 19.4. The smallest absolute Gasteiger partial charge is 0.406 e. The van der Waals surface area contributed by atoms with Gasteiger partial charge in [0.25, 0.3) is 0 Å². The van der Waals surface area contributed by atoms with E-state index in [9.17, 15) is 18.3 Å². The van der Waals surface area contributed by atoms with Gasteiger partial charge in [0.05, 0.1) is 5.52 Å². The number of aliphatic hydroxyl groups is 1. The van der Waals surface area contributed by atoms with Gasteiger partial charge in [-0.3, -0.25) is 4.57 Å². The fourth-order valence-corrected chi connectivity index (χ4v) is 2.45.